The number of nitrogens with one attached hydrogen (secondary N) is 4. The Morgan fingerprint density at radius 2 is 1.62 bits per heavy atom. The zero-order valence-corrected chi connectivity index (χ0v) is 31.9. The molecule has 1 saturated heterocycles. The first-order chi connectivity index (χ1) is 25.4. The maximum atomic E-state index is 13.4. The van der Waals surface area contributed by atoms with Gasteiger partial charge in [0.25, 0.3) is 5.91 Å². The molecule has 3 aliphatic heterocycles. The van der Waals surface area contributed by atoms with Crippen LogP contribution in [0.25, 0.3) is 0 Å². The molecule has 53 heavy (non-hydrogen) atoms. The number of piperidine rings is 1. The molecular formula is C38H60N6O9. The van der Waals surface area contributed by atoms with E-state index >= 15 is 0 Å². The average molecular weight is 745 g/mol. The van der Waals surface area contributed by atoms with Crippen molar-refractivity contribution in [3.63, 3.8) is 0 Å². The number of rotatable bonds is 8. The minimum absolute atomic E-state index is 0.0446. The summed E-state index contributed by atoms with van der Waals surface area (Å²) in [4.78, 5) is 81.2. The van der Waals surface area contributed by atoms with Gasteiger partial charge >= 0.3 is 0 Å². The van der Waals surface area contributed by atoms with E-state index in [2.05, 4.69) is 21.3 Å². The van der Waals surface area contributed by atoms with Crippen molar-refractivity contribution < 1.29 is 43.3 Å². The Morgan fingerprint density at radius 1 is 0.887 bits per heavy atom. The molecule has 1 aromatic carbocycles. The Morgan fingerprint density at radius 3 is 2.34 bits per heavy atom. The van der Waals surface area contributed by atoms with Gasteiger partial charge in [-0.25, -0.2) is 0 Å². The van der Waals surface area contributed by atoms with Crippen LogP contribution in [0.1, 0.15) is 90.5 Å². The molecule has 0 saturated carbocycles. The van der Waals surface area contributed by atoms with Crippen molar-refractivity contribution in [1.82, 2.24) is 31.1 Å². The second-order valence-corrected chi connectivity index (χ2v) is 14.3. The van der Waals surface area contributed by atoms with Gasteiger partial charge < -0.3 is 45.6 Å². The molecule has 2 bridgehead atoms. The molecule has 0 radical (unpaired) electrons. The van der Waals surface area contributed by atoms with Gasteiger partial charge in [0, 0.05) is 58.5 Å². The van der Waals surface area contributed by atoms with Crippen LogP contribution in [0.3, 0.4) is 0 Å². The van der Waals surface area contributed by atoms with Crippen LogP contribution in [0.2, 0.25) is 0 Å². The molecule has 15 nitrogen and oxygen atoms in total. The summed E-state index contributed by atoms with van der Waals surface area (Å²) < 4.78 is 11.2. The third-order valence-electron chi connectivity index (χ3n) is 9.32. The van der Waals surface area contributed by atoms with Gasteiger partial charge in [-0.05, 0) is 81.9 Å². The number of amides is 6. The molecule has 3 aliphatic rings. The maximum Gasteiger partial charge on any atom is 0.257 e. The number of fused-ring (bicyclic) bond motifs is 23. The number of aliphatic hydroxyl groups is 1. The van der Waals surface area contributed by atoms with Crippen LogP contribution in [0.15, 0.2) is 18.2 Å². The van der Waals surface area contributed by atoms with E-state index in [-0.39, 0.29) is 55.5 Å². The molecule has 6 amide bonds. The van der Waals surface area contributed by atoms with E-state index in [1.807, 2.05) is 18.7 Å². The molecule has 296 valence electrons. The summed E-state index contributed by atoms with van der Waals surface area (Å²) in [6, 6.07) is 3.01. The molecule has 0 spiro atoms. The van der Waals surface area contributed by atoms with Crippen molar-refractivity contribution in [2.24, 2.45) is 5.92 Å². The normalized spacial score (nSPS) is 21.6. The van der Waals surface area contributed by atoms with Gasteiger partial charge in [0.2, 0.25) is 29.5 Å². The highest BCUT2D eigenvalue weighted by Gasteiger charge is 2.30. The number of hydrogen-bond acceptors (Lipinski definition) is 9. The fourth-order valence-corrected chi connectivity index (χ4v) is 6.35. The van der Waals surface area contributed by atoms with Gasteiger partial charge in [-0.1, -0.05) is 19.9 Å². The van der Waals surface area contributed by atoms with Crippen LogP contribution in [-0.2, 0) is 35.2 Å². The van der Waals surface area contributed by atoms with E-state index in [1.165, 1.54) is 14.0 Å². The topological polar surface area (TPSA) is 196 Å². The van der Waals surface area contributed by atoms with Crippen molar-refractivity contribution in [1.29, 1.82) is 0 Å². The predicted octanol–water partition coefficient (Wildman–Crippen LogP) is 1.44. The molecule has 15 heteroatoms. The van der Waals surface area contributed by atoms with Crippen LogP contribution in [-0.4, -0.2) is 122 Å². The summed E-state index contributed by atoms with van der Waals surface area (Å²) in [6.45, 7) is 7.69. The maximum absolute atomic E-state index is 13.4. The number of carbonyl (C=O) groups excluding carboxylic acids is 6. The van der Waals surface area contributed by atoms with Crippen LogP contribution in [0, 0.1) is 5.92 Å². The van der Waals surface area contributed by atoms with Crippen LogP contribution in [0.4, 0.5) is 0 Å². The number of aryl methyl sites for hydroxylation is 1. The van der Waals surface area contributed by atoms with Gasteiger partial charge in [-0.15, -0.1) is 0 Å². The standard InChI is InChI=1S/C38H60N6O9/c1-26(2)23-29-37(50)42-36(27(3)45)38(51)40-17-6-8-20-44(35(49)12-9-21-43-19-7-5-11-34(43)48)22-10-18-39-33(47)25-53-30-15-13-28(24-31(30)52-4)14-16-32(46)41-29/h13,15,24,26-27,29,36,45H,5-12,14,16-23,25H2,1-4H3,(H,39,47)(H,40,51)(H,41,46)(H,42,50)/t27-,29-,36+/m1/s1. The van der Waals surface area contributed by atoms with Crippen LogP contribution in [0.5, 0.6) is 11.5 Å². The number of benzene rings is 1. The van der Waals surface area contributed by atoms with E-state index in [9.17, 15) is 33.9 Å². The number of likely N-dealkylation sites (tertiary alicyclic amines) is 1. The fourth-order valence-electron chi connectivity index (χ4n) is 6.35. The number of aliphatic hydroxyl groups excluding tert-OH is 1. The number of nitrogens with zero attached hydrogens (tertiary/aromatic N) is 2. The zero-order valence-electron chi connectivity index (χ0n) is 31.9. The molecule has 5 N–H and O–H groups in total. The highest BCUT2D eigenvalue weighted by atomic mass is 16.5. The van der Waals surface area contributed by atoms with Gasteiger partial charge in [0.05, 0.1) is 13.2 Å². The third kappa shape index (κ3) is 15.2. The second-order valence-electron chi connectivity index (χ2n) is 14.3. The van der Waals surface area contributed by atoms with E-state index in [4.69, 9.17) is 9.47 Å². The lowest BCUT2D eigenvalue weighted by atomic mass is 10.0. The van der Waals surface area contributed by atoms with Gasteiger partial charge in [-0.3, -0.25) is 28.8 Å². The second kappa shape index (κ2) is 22.6. The number of carbonyl (C=O) groups is 6. The number of methoxy groups -OCH3 is 1. The smallest absolute Gasteiger partial charge is 0.257 e. The average Bonchev–Trinajstić information content (AvgIpc) is 3.12. The lowest BCUT2D eigenvalue weighted by Gasteiger charge is -2.27. The lowest BCUT2D eigenvalue weighted by Crippen LogP contribution is -2.57. The Hall–Kier alpha value is -4.40. The number of ether oxygens (including phenoxy) is 2. The van der Waals surface area contributed by atoms with Gasteiger partial charge in [0.1, 0.15) is 12.1 Å². The van der Waals surface area contributed by atoms with Crippen LogP contribution < -0.4 is 30.7 Å². The number of hydrogen-bond donors (Lipinski definition) is 5. The van der Waals surface area contributed by atoms with E-state index in [0.29, 0.717) is 82.6 Å². The molecule has 1 aromatic rings. The molecule has 3 atom stereocenters. The van der Waals surface area contributed by atoms with Crippen molar-refractivity contribution in [3.8, 4) is 11.5 Å². The van der Waals surface area contributed by atoms with Crippen molar-refractivity contribution >= 4 is 35.4 Å². The molecule has 0 unspecified atom stereocenters. The molecule has 0 aromatic heterocycles. The molecule has 3 heterocycles. The van der Waals surface area contributed by atoms with Crippen LogP contribution >= 0.6 is 0 Å². The monoisotopic (exact) mass is 744 g/mol. The lowest BCUT2D eigenvalue weighted by molar-refractivity contribution is -0.135. The first kappa shape index (κ1) is 43.0. The first-order valence-electron chi connectivity index (χ1n) is 19.0. The molecule has 1 fully saturated rings. The summed E-state index contributed by atoms with van der Waals surface area (Å²) in [7, 11) is 1.48. The van der Waals surface area contributed by atoms with E-state index < -0.39 is 30.0 Å². The largest absolute Gasteiger partial charge is 0.493 e. The quantitative estimate of drug-likeness (QED) is 0.245. The summed E-state index contributed by atoms with van der Waals surface area (Å²) in [6.07, 6.45) is 4.44. The highest BCUT2D eigenvalue weighted by molar-refractivity contribution is 5.92. The zero-order chi connectivity index (χ0) is 38.8. The first-order valence-corrected chi connectivity index (χ1v) is 19.0. The summed E-state index contributed by atoms with van der Waals surface area (Å²) in [5.74, 6) is -0.906. The molecule has 4 rings (SSSR count). The minimum atomic E-state index is -1.24. The molecular weight excluding hydrogens is 684 g/mol. The minimum Gasteiger partial charge on any atom is -0.493 e. The fraction of sp³-hybridized carbons (Fsp3) is 0.684. The third-order valence-corrected chi connectivity index (χ3v) is 9.32. The van der Waals surface area contributed by atoms with Gasteiger partial charge in [-0.2, -0.15) is 0 Å². The Bertz CT molecular complexity index is 1390. The van der Waals surface area contributed by atoms with Crippen molar-refractivity contribution in [3.05, 3.63) is 23.8 Å². The predicted molar refractivity (Wildman–Crippen MR) is 198 cm³/mol. The Labute approximate surface area is 313 Å². The highest BCUT2D eigenvalue weighted by Crippen LogP contribution is 2.28. The van der Waals surface area contributed by atoms with E-state index in [0.717, 1.165) is 24.9 Å². The summed E-state index contributed by atoms with van der Waals surface area (Å²) in [5.41, 5.74) is 0.782. The summed E-state index contributed by atoms with van der Waals surface area (Å²) >= 11 is 0. The van der Waals surface area contributed by atoms with E-state index in [1.54, 1.807) is 23.1 Å². The molecule has 0 aliphatic carbocycles. The van der Waals surface area contributed by atoms with Crippen molar-refractivity contribution in [2.75, 3.05) is 53.0 Å². The Kier molecular flexibility index (Phi) is 18.4. The van der Waals surface area contributed by atoms with Crippen molar-refractivity contribution in [2.45, 2.75) is 110 Å². The summed E-state index contributed by atoms with van der Waals surface area (Å²) in [5, 5.41) is 21.5. The van der Waals surface area contributed by atoms with Gasteiger partial charge in [0.15, 0.2) is 18.1 Å². The SMILES string of the molecule is COc1cc2ccc1OCC(=O)NCCCN(C(=O)CCCN1CCCCC1=O)CCCCNC(=O)[C@H]([C@@H](C)O)NC(=O)[C@@H](CC(C)C)NC(=O)CC2. The Balaban J connectivity index is 1.72.